The van der Waals surface area contributed by atoms with Crippen LogP contribution >= 0.6 is 0 Å². The molecule has 0 aliphatic rings. The zero-order chi connectivity index (χ0) is 55.2. The molecule has 0 saturated carbocycles. The smallest absolute Gasteiger partial charge is 0.155 e. The summed E-state index contributed by atoms with van der Waals surface area (Å²) in [5, 5.41) is 4.36. The van der Waals surface area contributed by atoms with Crippen LogP contribution in [-0.4, -0.2) is 54.5 Å². The Balaban J connectivity index is 0.000000878. The lowest BCUT2D eigenvalue weighted by Crippen LogP contribution is -2.24. The van der Waals surface area contributed by atoms with Gasteiger partial charge in [0.25, 0.3) is 0 Å². The third-order valence-electron chi connectivity index (χ3n) is 9.92. The molecule has 0 atom stereocenters. The van der Waals surface area contributed by atoms with Gasteiger partial charge in [0.05, 0.1) is 28.8 Å². The highest BCUT2D eigenvalue weighted by molar-refractivity contribution is 5.77. The van der Waals surface area contributed by atoms with Crippen molar-refractivity contribution >= 4 is 16.7 Å². The molecule has 11 heteroatoms. The predicted octanol–water partition coefficient (Wildman–Crippen LogP) is 15.9. The van der Waals surface area contributed by atoms with Crippen LogP contribution in [0.3, 0.4) is 0 Å². The van der Waals surface area contributed by atoms with E-state index in [1.807, 2.05) is 89.6 Å². The van der Waals surface area contributed by atoms with Crippen LogP contribution < -0.4 is 0 Å². The first-order chi connectivity index (χ1) is 31.7. The third-order valence-corrected chi connectivity index (χ3v) is 9.92. The summed E-state index contributed by atoms with van der Waals surface area (Å²) in [5.41, 5.74) is 7.37. The summed E-state index contributed by atoms with van der Waals surface area (Å²) in [5.74, 6) is 4.36. The molecule has 0 amide bonds. The van der Waals surface area contributed by atoms with Crippen molar-refractivity contribution in [1.29, 1.82) is 0 Å². The summed E-state index contributed by atoms with van der Waals surface area (Å²) >= 11 is 0. The summed E-state index contributed by atoms with van der Waals surface area (Å²) in [6.07, 6.45) is 5.47. The Kier molecular flexibility index (Phi) is 23.8. The summed E-state index contributed by atoms with van der Waals surface area (Å²) in [6, 6.07) is 10.1. The molecule has 6 aromatic rings. The van der Waals surface area contributed by atoms with Crippen molar-refractivity contribution in [3.8, 4) is 0 Å². The van der Waals surface area contributed by atoms with Crippen molar-refractivity contribution in [2.24, 2.45) is 0 Å². The van der Waals surface area contributed by atoms with Crippen LogP contribution in [-0.2, 0) is 43.3 Å². The summed E-state index contributed by atoms with van der Waals surface area (Å²) < 4.78 is 1.94. The van der Waals surface area contributed by atoms with Crippen molar-refractivity contribution in [2.75, 3.05) is 0 Å². The maximum Gasteiger partial charge on any atom is 0.155 e. The minimum atomic E-state index is -0.0516. The van der Waals surface area contributed by atoms with Gasteiger partial charge >= 0.3 is 0 Å². The lowest BCUT2D eigenvalue weighted by molar-refractivity contribution is 0.491. The number of hydrogen-bond acceptors (Lipinski definition) is 10. The largest absolute Gasteiger partial charge is 0.253 e. The Bertz CT molecular complexity index is 2420. The Morgan fingerprint density at radius 2 is 0.829 bits per heavy atom. The average Bonchev–Trinajstić information content (AvgIpc) is 3.72. The Labute approximate surface area is 428 Å². The van der Waals surface area contributed by atoms with Crippen LogP contribution in [0.25, 0.3) is 16.7 Å². The van der Waals surface area contributed by atoms with Gasteiger partial charge in [0.2, 0.25) is 0 Å². The van der Waals surface area contributed by atoms with Gasteiger partial charge in [-0.05, 0) is 31.2 Å². The molecule has 0 fully saturated rings. The quantitative estimate of drug-likeness (QED) is 0.145. The normalized spacial score (nSPS) is 12.2. The van der Waals surface area contributed by atoms with Crippen LogP contribution in [0, 0.1) is 6.92 Å². The van der Waals surface area contributed by atoms with Crippen LogP contribution in [0.15, 0.2) is 48.9 Å². The second-order valence-electron chi connectivity index (χ2n) is 25.2. The fourth-order valence-corrected chi connectivity index (χ4v) is 5.95. The van der Waals surface area contributed by atoms with Crippen molar-refractivity contribution < 1.29 is 0 Å². The lowest BCUT2D eigenvalue weighted by atomic mass is 9.86. The molecule has 6 rings (SSSR count). The minimum Gasteiger partial charge on any atom is -0.253 e. The summed E-state index contributed by atoms with van der Waals surface area (Å²) in [4.78, 5) is 40.8. The van der Waals surface area contributed by atoms with Gasteiger partial charge in [-0.3, -0.25) is 4.98 Å². The lowest BCUT2D eigenvalue weighted by Gasteiger charge is -2.24. The first-order valence-corrected chi connectivity index (χ1v) is 25.8. The summed E-state index contributed by atoms with van der Waals surface area (Å²) in [6.45, 7) is 65.6. The Morgan fingerprint density at radius 3 is 1.24 bits per heavy atom. The third kappa shape index (κ3) is 20.1. The molecule has 0 aliphatic heterocycles. The van der Waals surface area contributed by atoms with Crippen LogP contribution in [0.2, 0.25) is 0 Å². The van der Waals surface area contributed by atoms with E-state index in [2.05, 4.69) is 217 Å². The molecule has 0 aromatic carbocycles. The second-order valence-corrected chi connectivity index (χ2v) is 25.2. The van der Waals surface area contributed by atoms with Gasteiger partial charge in [-0.25, -0.2) is 44.4 Å². The number of aryl methyl sites for hydroxylation is 1. The Hall–Kier alpha value is -4.80. The SMILES string of the molecule is CC.CC.CC.CC(C)(C)c1cc(C(C)(C)C)n2nccc2n1.CC(C)(C)c1ccnc(C(C)(C)C)n1.CC(C)(C)c1nc(C(C)(C)C)c2ncccc2n1.Cc1nc(C(C)(C)C)nc(C(C)(C)C)n1. The highest BCUT2D eigenvalue weighted by atomic mass is 15.3. The van der Waals surface area contributed by atoms with Gasteiger partial charge in [0, 0.05) is 67.5 Å². The molecule has 70 heavy (non-hydrogen) atoms. The van der Waals surface area contributed by atoms with Crippen LogP contribution in [0.5, 0.6) is 0 Å². The van der Waals surface area contributed by atoms with Crippen molar-refractivity contribution in [3.63, 3.8) is 0 Å². The molecule has 0 aliphatic carbocycles. The predicted molar refractivity (Wildman–Crippen MR) is 301 cm³/mol. The number of pyridine rings is 1. The summed E-state index contributed by atoms with van der Waals surface area (Å²) in [7, 11) is 0. The van der Waals surface area contributed by atoms with E-state index in [4.69, 9.17) is 4.98 Å². The standard InChI is InChI=1S/C15H21N3.C14H21N3.C12H21N3.C12H20N2.3C2H6/c1-14(2,3)12-11-10(8-7-9-16-11)17-13(18-12)15(4,5)6;1-13(2,3)10-9-11(14(4,5)6)17-12(16-10)7-8-15-17;1-8-13-9(11(2,3)4)15-10(14-8)12(5,6)7;1-11(2,3)9-7-8-13-10(14-9)12(4,5)6;3*1-2/h7-9H,1-6H3;7-9H,1-6H3;1-7H3;7-8H,1-6H3;3*1-2H3. The second kappa shape index (κ2) is 25.5. The molecule has 392 valence electrons. The van der Waals surface area contributed by atoms with Crippen LogP contribution in [0.1, 0.15) is 260 Å². The van der Waals surface area contributed by atoms with E-state index in [0.29, 0.717) is 0 Å². The first-order valence-electron chi connectivity index (χ1n) is 25.8. The topological polar surface area (TPSA) is 133 Å². The molecular formula is C59H101N11. The molecule has 6 aromatic heterocycles. The fourth-order valence-electron chi connectivity index (χ4n) is 5.95. The molecule has 0 spiro atoms. The van der Waals surface area contributed by atoms with E-state index in [1.165, 1.54) is 5.69 Å². The number of hydrogen-bond donors (Lipinski definition) is 0. The first kappa shape index (κ1) is 65.2. The molecule has 11 nitrogen and oxygen atoms in total. The number of nitrogens with zero attached hydrogens (tertiary/aromatic N) is 11. The van der Waals surface area contributed by atoms with E-state index in [9.17, 15) is 0 Å². The van der Waals surface area contributed by atoms with Gasteiger partial charge in [-0.2, -0.15) is 5.10 Å². The fraction of sp³-hybridized carbons (Fsp3) is 0.661. The molecular weight excluding hydrogens is 863 g/mol. The van der Waals surface area contributed by atoms with E-state index in [0.717, 1.165) is 62.9 Å². The highest BCUT2D eigenvalue weighted by Gasteiger charge is 2.28. The van der Waals surface area contributed by atoms with E-state index in [-0.39, 0.29) is 43.3 Å². The number of rotatable bonds is 0. The van der Waals surface area contributed by atoms with E-state index in [1.54, 1.807) is 6.20 Å². The van der Waals surface area contributed by atoms with Gasteiger partial charge < -0.3 is 0 Å². The van der Waals surface area contributed by atoms with Gasteiger partial charge in [-0.15, -0.1) is 0 Å². The molecule has 0 radical (unpaired) electrons. The van der Waals surface area contributed by atoms with E-state index < -0.39 is 0 Å². The maximum atomic E-state index is 4.77. The zero-order valence-corrected chi connectivity index (χ0v) is 50.5. The molecule has 0 unspecified atom stereocenters. The maximum absolute atomic E-state index is 4.77. The van der Waals surface area contributed by atoms with Crippen molar-refractivity contribution in [1.82, 2.24) is 54.5 Å². The number of fused-ring (bicyclic) bond motifs is 2. The monoisotopic (exact) mass is 964 g/mol. The molecule has 0 saturated heterocycles. The van der Waals surface area contributed by atoms with Crippen molar-refractivity contribution in [3.05, 3.63) is 101 Å². The minimum absolute atomic E-state index is 0.0201. The zero-order valence-electron chi connectivity index (χ0n) is 50.5. The Morgan fingerprint density at radius 1 is 0.371 bits per heavy atom. The van der Waals surface area contributed by atoms with Gasteiger partial charge in [0.15, 0.2) is 5.65 Å². The van der Waals surface area contributed by atoms with E-state index >= 15 is 0 Å². The molecule has 0 bridgehead atoms. The van der Waals surface area contributed by atoms with Crippen molar-refractivity contribution in [2.45, 2.75) is 258 Å². The van der Waals surface area contributed by atoms with Crippen LogP contribution in [0.4, 0.5) is 0 Å². The highest BCUT2D eigenvalue weighted by Crippen LogP contribution is 2.31. The average molecular weight is 965 g/mol. The number of aromatic nitrogens is 11. The van der Waals surface area contributed by atoms with Gasteiger partial charge in [-0.1, -0.05) is 208 Å². The van der Waals surface area contributed by atoms with Gasteiger partial charge in [0.1, 0.15) is 34.6 Å². The molecule has 6 heterocycles. The molecule has 0 N–H and O–H groups in total.